The van der Waals surface area contributed by atoms with Crippen LogP contribution >= 0.6 is 23.2 Å². The molecule has 0 fully saturated rings. The topological polar surface area (TPSA) is 34.0 Å². The Morgan fingerprint density at radius 2 is 1.69 bits per heavy atom. The van der Waals surface area contributed by atoms with Gasteiger partial charge in [0.2, 0.25) is 0 Å². The lowest BCUT2D eigenvalue weighted by atomic mass is 10.0. The van der Waals surface area contributed by atoms with Gasteiger partial charge < -0.3 is 9.88 Å². The molecular formula is C21H16Cl2N2O. The van der Waals surface area contributed by atoms with E-state index in [1.54, 1.807) is 6.07 Å². The molecule has 1 amide bonds. The molecule has 0 bridgehead atoms. The fourth-order valence-corrected chi connectivity index (χ4v) is 3.95. The van der Waals surface area contributed by atoms with Crippen molar-refractivity contribution in [1.29, 1.82) is 0 Å². The summed E-state index contributed by atoms with van der Waals surface area (Å²) in [6, 6.07) is 15.2. The van der Waals surface area contributed by atoms with Gasteiger partial charge in [-0.05, 0) is 55.8 Å². The first-order valence-corrected chi connectivity index (χ1v) is 8.97. The minimum atomic E-state index is -0.0817. The predicted molar refractivity (Wildman–Crippen MR) is 108 cm³/mol. The number of anilines is 1. The number of hydrogen-bond donors (Lipinski definition) is 1. The van der Waals surface area contributed by atoms with E-state index in [-0.39, 0.29) is 5.91 Å². The summed E-state index contributed by atoms with van der Waals surface area (Å²) in [6.07, 6.45) is 1.94. The van der Waals surface area contributed by atoms with Gasteiger partial charge in [-0.15, -0.1) is 0 Å². The van der Waals surface area contributed by atoms with Crippen molar-refractivity contribution < 1.29 is 4.79 Å². The lowest BCUT2D eigenvalue weighted by molar-refractivity contribution is -0.110. The Kier molecular flexibility index (Phi) is 4.14. The largest absolute Gasteiger partial charge is 0.321 e. The number of nitrogens with zero attached hydrogens (tertiary/aromatic N) is 1. The van der Waals surface area contributed by atoms with E-state index < -0.39 is 0 Å². The van der Waals surface area contributed by atoms with Crippen LogP contribution in [0, 0.1) is 13.8 Å². The Bertz CT molecular complexity index is 1060. The highest BCUT2D eigenvalue weighted by molar-refractivity contribution is 6.35. The van der Waals surface area contributed by atoms with Gasteiger partial charge in [-0.3, -0.25) is 4.79 Å². The monoisotopic (exact) mass is 382 g/mol. The van der Waals surface area contributed by atoms with Gasteiger partial charge in [-0.1, -0.05) is 41.4 Å². The number of carbonyl (C=O) groups is 1. The van der Waals surface area contributed by atoms with Gasteiger partial charge in [-0.25, -0.2) is 0 Å². The highest BCUT2D eigenvalue weighted by Crippen LogP contribution is 2.34. The highest BCUT2D eigenvalue weighted by Gasteiger charge is 2.24. The first-order chi connectivity index (χ1) is 12.4. The molecule has 2 aromatic carbocycles. The van der Waals surface area contributed by atoms with Gasteiger partial charge in [0.05, 0.1) is 0 Å². The molecule has 1 N–H and O–H groups in total. The second kappa shape index (κ2) is 6.35. The van der Waals surface area contributed by atoms with Gasteiger partial charge >= 0.3 is 0 Å². The van der Waals surface area contributed by atoms with Crippen LogP contribution in [0.1, 0.15) is 22.5 Å². The SMILES string of the molecule is Cc1cc(/C=C2/C(=O)Nc3ccccc32)c(C)n1-c1cc(Cl)cc(Cl)c1. The minimum Gasteiger partial charge on any atom is -0.321 e. The van der Waals surface area contributed by atoms with Gasteiger partial charge in [0.1, 0.15) is 0 Å². The summed E-state index contributed by atoms with van der Waals surface area (Å²) in [4.78, 5) is 12.4. The van der Waals surface area contributed by atoms with E-state index in [0.29, 0.717) is 15.6 Å². The van der Waals surface area contributed by atoms with Crippen LogP contribution in [0.5, 0.6) is 0 Å². The van der Waals surface area contributed by atoms with Crippen LogP contribution in [-0.4, -0.2) is 10.5 Å². The summed E-state index contributed by atoms with van der Waals surface area (Å²) in [6.45, 7) is 4.04. The van der Waals surface area contributed by atoms with E-state index in [4.69, 9.17) is 23.2 Å². The molecular weight excluding hydrogens is 367 g/mol. The van der Waals surface area contributed by atoms with Crippen LogP contribution in [0.3, 0.4) is 0 Å². The van der Waals surface area contributed by atoms with E-state index in [0.717, 1.165) is 33.9 Å². The van der Waals surface area contributed by atoms with Crippen molar-refractivity contribution in [3.63, 3.8) is 0 Å². The zero-order chi connectivity index (χ0) is 18.4. The molecule has 1 aromatic heterocycles. The normalized spacial score (nSPS) is 14.6. The van der Waals surface area contributed by atoms with Crippen molar-refractivity contribution in [2.45, 2.75) is 13.8 Å². The molecule has 1 aliphatic heterocycles. The van der Waals surface area contributed by atoms with Crippen molar-refractivity contribution in [3.05, 3.63) is 81.1 Å². The van der Waals surface area contributed by atoms with Crippen molar-refractivity contribution in [2.75, 3.05) is 5.32 Å². The Morgan fingerprint density at radius 1 is 1.00 bits per heavy atom. The van der Waals surface area contributed by atoms with Crippen molar-refractivity contribution in [2.24, 2.45) is 0 Å². The van der Waals surface area contributed by atoms with E-state index in [1.165, 1.54) is 0 Å². The number of rotatable bonds is 2. The lowest BCUT2D eigenvalue weighted by Crippen LogP contribution is -2.03. The number of aromatic nitrogens is 1. The number of halogens is 2. The molecule has 4 rings (SSSR count). The summed E-state index contributed by atoms with van der Waals surface area (Å²) in [5, 5.41) is 4.08. The average molecular weight is 383 g/mol. The third-order valence-corrected chi connectivity index (χ3v) is 5.02. The summed E-state index contributed by atoms with van der Waals surface area (Å²) >= 11 is 12.3. The molecule has 0 spiro atoms. The molecule has 0 atom stereocenters. The smallest absolute Gasteiger partial charge is 0.256 e. The second-order valence-corrected chi connectivity index (χ2v) is 7.22. The molecule has 3 aromatic rings. The maximum Gasteiger partial charge on any atom is 0.256 e. The number of para-hydroxylation sites is 1. The van der Waals surface area contributed by atoms with Crippen LogP contribution in [0.2, 0.25) is 10.0 Å². The molecule has 5 heteroatoms. The number of amides is 1. The van der Waals surface area contributed by atoms with Crippen LogP contribution in [-0.2, 0) is 4.79 Å². The molecule has 26 heavy (non-hydrogen) atoms. The lowest BCUT2D eigenvalue weighted by Gasteiger charge is -2.11. The molecule has 2 heterocycles. The molecule has 0 saturated carbocycles. The summed E-state index contributed by atoms with van der Waals surface area (Å²) < 4.78 is 2.09. The van der Waals surface area contributed by atoms with E-state index in [9.17, 15) is 4.79 Å². The molecule has 0 aliphatic carbocycles. The fraction of sp³-hybridized carbons (Fsp3) is 0.0952. The first kappa shape index (κ1) is 17.0. The Morgan fingerprint density at radius 3 is 2.42 bits per heavy atom. The van der Waals surface area contributed by atoms with E-state index >= 15 is 0 Å². The molecule has 130 valence electrons. The zero-order valence-corrected chi connectivity index (χ0v) is 15.8. The van der Waals surface area contributed by atoms with Crippen LogP contribution in [0.15, 0.2) is 48.5 Å². The van der Waals surface area contributed by atoms with Gasteiger partial charge in [-0.2, -0.15) is 0 Å². The van der Waals surface area contributed by atoms with Gasteiger partial charge in [0.25, 0.3) is 5.91 Å². The summed E-state index contributed by atoms with van der Waals surface area (Å²) in [7, 11) is 0. The van der Waals surface area contributed by atoms with Crippen LogP contribution < -0.4 is 5.32 Å². The molecule has 0 saturated heterocycles. The number of nitrogens with one attached hydrogen (secondary N) is 1. The fourth-order valence-electron chi connectivity index (χ4n) is 3.44. The summed E-state index contributed by atoms with van der Waals surface area (Å²) in [5.41, 5.74) is 6.39. The molecule has 0 radical (unpaired) electrons. The highest BCUT2D eigenvalue weighted by atomic mass is 35.5. The van der Waals surface area contributed by atoms with E-state index in [2.05, 4.69) is 16.0 Å². The van der Waals surface area contributed by atoms with Crippen LogP contribution in [0.4, 0.5) is 5.69 Å². The zero-order valence-electron chi connectivity index (χ0n) is 14.3. The quantitative estimate of drug-likeness (QED) is 0.550. The van der Waals surface area contributed by atoms with Gasteiger partial charge in [0, 0.05) is 43.9 Å². The average Bonchev–Trinajstić information content (AvgIpc) is 3.03. The second-order valence-electron chi connectivity index (χ2n) is 6.35. The third-order valence-electron chi connectivity index (χ3n) is 4.59. The minimum absolute atomic E-state index is 0.0817. The number of aryl methyl sites for hydroxylation is 1. The maximum atomic E-state index is 12.4. The molecule has 1 aliphatic rings. The Labute approximate surface area is 161 Å². The maximum absolute atomic E-state index is 12.4. The summed E-state index contributed by atoms with van der Waals surface area (Å²) in [5.74, 6) is -0.0817. The number of hydrogen-bond acceptors (Lipinski definition) is 1. The van der Waals surface area contributed by atoms with Crippen molar-refractivity contribution >= 4 is 46.4 Å². The number of carbonyl (C=O) groups excluding carboxylic acids is 1. The Balaban J connectivity index is 1.84. The van der Waals surface area contributed by atoms with Crippen molar-refractivity contribution in [1.82, 2.24) is 4.57 Å². The van der Waals surface area contributed by atoms with Crippen molar-refractivity contribution in [3.8, 4) is 5.69 Å². The van der Waals surface area contributed by atoms with E-state index in [1.807, 2.05) is 56.3 Å². The first-order valence-electron chi connectivity index (χ1n) is 8.22. The van der Waals surface area contributed by atoms with Gasteiger partial charge in [0.15, 0.2) is 0 Å². The predicted octanol–water partition coefficient (Wildman–Crippen LogP) is 5.89. The van der Waals surface area contributed by atoms with Crippen LogP contribution in [0.25, 0.3) is 17.3 Å². The molecule has 0 unspecified atom stereocenters. The molecule has 3 nitrogen and oxygen atoms in total. The third kappa shape index (κ3) is 2.83. The number of benzene rings is 2. The standard InChI is InChI=1S/C21H16Cl2N2O/c1-12-7-14(8-19-18-5-3-4-6-20(18)24-21(19)26)13(2)25(12)17-10-15(22)9-16(23)11-17/h3-11H,1-2H3,(H,24,26)/b19-8+. The Hall–Kier alpha value is -2.49. The number of fused-ring (bicyclic) bond motifs is 1.